The summed E-state index contributed by atoms with van der Waals surface area (Å²) in [5.41, 5.74) is 1.56. The molecule has 4 heteroatoms. The molecule has 1 aliphatic heterocycles. The fourth-order valence-corrected chi connectivity index (χ4v) is 2.53. The summed E-state index contributed by atoms with van der Waals surface area (Å²) < 4.78 is 0. The predicted octanol–water partition coefficient (Wildman–Crippen LogP) is 3.54. The normalized spacial score (nSPS) is 18.0. The van der Waals surface area contributed by atoms with Crippen LogP contribution >= 0.6 is 0 Å². The molecule has 1 fully saturated rings. The van der Waals surface area contributed by atoms with Crippen molar-refractivity contribution in [3.8, 4) is 0 Å². The Morgan fingerprint density at radius 2 is 1.85 bits per heavy atom. The molecule has 1 aliphatic rings. The summed E-state index contributed by atoms with van der Waals surface area (Å²) in [5, 5.41) is 12.5. The van der Waals surface area contributed by atoms with E-state index in [0.29, 0.717) is 0 Å². The topological polar surface area (TPSA) is 52.6 Å². The number of amides is 2. The number of nitrogens with one attached hydrogen (secondary N) is 1. The van der Waals surface area contributed by atoms with Gasteiger partial charge in [0.1, 0.15) is 0 Å². The zero-order valence-corrected chi connectivity index (χ0v) is 12.1. The van der Waals surface area contributed by atoms with E-state index in [9.17, 15) is 9.90 Å². The summed E-state index contributed by atoms with van der Waals surface area (Å²) in [5.74, 6) is 0. The van der Waals surface area contributed by atoms with E-state index in [4.69, 9.17) is 0 Å². The molecular formula is C16H24N2O2. The molecule has 1 aromatic carbocycles. The Kier molecular flexibility index (Phi) is 5.41. The lowest BCUT2D eigenvalue weighted by Crippen LogP contribution is -2.37. The third-order valence-corrected chi connectivity index (χ3v) is 3.76. The maximum absolute atomic E-state index is 12.3. The van der Waals surface area contributed by atoms with Gasteiger partial charge in [-0.05, 0) is 37.5 Å². The van der Waals surface area contributed by atoms with Gasteiger partial charge in [0.15, 0.2) is 0 Å². The van der Waals surface area contributed by atoms with Gasteiger partial charge in [0.25, 0.3) is 0 Å². The van der Waals surface area contributed by atoms with Gasteiger partial charge in [0.05, 0.1) is 6.10 Å². The van der Waals surface area contributed by atoms with E-state index < -0.39 is 6.10 Å². The summed E-state index contributed by atoms with van der Waals surface area (Å²) in [6.07, 6.45) is 5.35. The lowest BCUT2D eigenvalue weighted by molar-refractivity contribution is 0.199. The zero-order valence-electron chi connectivity index (χ0n) is 12.1. The van der Waals surface area contributed by atoms with Gasteiger partial charge in [-0.25, -0.2) is 4.79 Å². The van der Waals surface area contributed by atoms with Gasteiger partial charge >= 0.3 is 6.03 Å². The highest BCUT2D eigenvalue weighted by molar-refractivity contribution is 5.89. The lowest BCUT2D eigenvalue weighted by Gasteiger charge is -2.25. The number of carbonyl (C=O) groups is 1. The van der Waals surface area contributed by atoms with Crippen molar-refractivity contribution in [3.05, 3.63) is 29.8 Å². The monoisotopic (exact) mass is 276 g/mol. The smallest absolute Gasteiger partial charge is 0.321 e. The molecular weight excluding hydrogens is 252 g/mol. The Balaban J connectivity index is 1.97. The number of aliphatic hydroxyl groups is 1. The van der Waals surface area contributed by atoms with Crippen LogP contribution in [-0.4, -0.2) is 29.1 Å². The Labute approximate surface area is 120 Å². The van der Waals surface area contributed by atoms with Gasteiger partial charge in [-0.15, -0.1) is 0 Å². The van der Waals surface area contributed by atoms with Crippen molar-refractivity contribution >= 4 is 11.7 Å². The molecule has 1 heterocycles. The summed E-state index contributed by atoms with van der Waals surface area (Å²) >= 11 is 0. The summed E-state index contributed by atoms with van der Waals surface area (Å²) in [6, 6.07) is 7.36. The van der Waals surface area contributed by atoms with Crippen LogP contribution in [0.1, 0.15) is 50.7 Å². The van der Waals surface area contributed by atoms with E-state index in [1.54, 1.807) is 6.92 Å². The molecule has 0 aromatic heterocycles. The highest BCUT2D eigenvalue weighted by Gasteiger charge is 2.15. The molecule has 2 amide bonds. The number of hydrogen-bond donors (Lipinski definition) is 2. The Morgan fingerprint density at radius 3 is 2.50 bits per heavy atom. The summed E-state index contributed by atoms with van der Waals surface area (Å²) in [4.78, 5) is 14.2. The molecule has 20 heavy (non-hydrogen) atoms. The van der Waals surface area contributed by atoms with Gasteiger partial charge in [-0.1, -0.05) is 31.4 Å². The number of anilines is 1. The molecule has 1 aromatic rings. The number of rotatable bonds is 2. The minimum atomic E-state index is -0.520. The summed E-state index contributed by atoms with van der Waals surface area (Å²) in [6.45, 7) is 3.39. The number of likely N-dealkylation sites (tertiary alicyclic amines) is 1. The van der Waals surface area contributed by atoms with Crippen molar-refractivity contribution in [3.63, 3.8) is 0 Å². The van der Waals surface area contributed by atoms with Crippen molar-refractivity contribution in [1.82, 2.24) is 4.90 Å². The maximum atomic E-state index is 12.3. The molecule has 2 rings (SSSR count). The van der Waals surface area contributed by atoms with Gasteiger partial charge < -0.3 is 15.3 Å². The van der Waals surface area contributed by atoms with Crippen LogP contribution < -0.4 is 5.32 Å². The van der Waals surface area contributed by atoms with Crippen LogP contribution in [0.2, 0.25) is 0 Å². The lowest BCUT2D eigenvalue weighted by atomic mass is 10.1. The minimum Gasteiger partial charge on any atom is -0.389 e. The van der Waals surface area contributed by atoms with Crippen molar-refractivity contribution in [1.29, 1.82) is 0 Å². The number of nitrogens with zero attached hydrogens (tertiary/aromatic N) is 1. The van der Waals surface area contributed by atoms with Crippen LogP contribution in [0.5, 0.6) is 0 Å². The van der Waals surface area contributed by atoms with Crippen molar-refractivity contribution < 1.29 is 9.90 Å². The molecule has 0 bridgehead atoms. The highest BCUT2D eigenvalue weighted by atomic mass is 16.3. The van der Waals surface area contributed by atoms with E-state index in [0.717, 1.165) is 37.2 Å². The predicted molar refractivity (Wildman–Crippen MR) is 80.8 cm³/mol. The molecule has 1 unspecified atom stereocenters. The van der Waals surface area contributed by atoms with E-state index in [1.807, 2.05) is 29.2 Å². The highest BCUT2D eigenvalue weighted by Crippen LogP contribution is 2.18. The fraction of sp³-hybridized carbons (Fsp3) is 0.562. The van der Waals surface area contributed by atoms with E-state index >= 15 is 0 Å². The van der Waals surface area contributed by atoms with Gasteiger partial charge in [0, 0.05) is 18.8 Å². The molecule has 0 spiro atoms. The standard InChI is InChI=1S/C16H24N2O2/c1-13(19)14-8-7-9-15(12-14)17-16(20)18-10-5-3-2-4-6-11-18/h7-9,12-13,19H,2-6,10-11H2,1H3,(H,17,20). The van der Waals surface area contributed by atoms with Crippen LogP contribution in [0.4, 0.5) is 10.5 Å². The maximum Gasteiger partial charge on any atom is 0.321 e. The molecule has 110 valence electrons. The first-order chi connectivity index (χ1) is 9.66. The van der Waals surface area contributed by atoms with Crippen molar-refractivity contribution in [2.75, 3.05) is 18.4 Å². The second-order valence-electron chi connectivity index (χ2n) is 5.49. The minimum absolute atomic E-state index is 0.0327. The first-order valence-corrected chi connectivity index (χ1v) is 7.51. The SMILES string of the molecule is CC(O)c1cccc(NC(=O)N2CCCCCCC2)c1. The zero-order chi connectivity index (χ0) is 14.4. The number of urea groups is 1. The number of aliphatic hydroxyl groups excluding tert-OH is 1. The molecule has 1 saturated heterocycles. The Hall–Kier alpha value is -1.55. The fourth-order valence-electron chi connectivity index (χ4n) is 2.53. The van der Waals surface area contributed by atoms with Crippen LogP contribution in [0.3, 0.4) is 0 Å². The van der Waals surface area contributed by atoms with Crippen LogP contribution in [0.15, 0.2) is 24.3 Å². The molecule has 0 aliphatic carbocycles. The third kappa shape index (κ3) is 4.23. The average molecular weight is 276 g/mol. The first-order valence-electron chi connectivity index (χ1n) is 7.51. The number of hydrogen-bond acceptors (Lipinski definition) is 2. The van der Waals surface area contributed by atoms with E-state index in [-0.39, 0.29) is 6.03 Å². The third-order valence-electron chi connectivity index (χ3n) is 3.76. The van der Waals surface area contributed by atoms with Crippen LogP contribution in [-0.2, 0) is 0 Å². The largest absolute Gasteiger partial charge is 0.389 e. The van der Waals surface area contributed by atoms with Crippen LogP contribution in [0.25, 0.3) is 0 Å². The average Bonchev–Trinajstić information content (AvgIpc) is 2.38. The second-order valence-corrected chi connectivity index (χ2v) is 5.49. The Bertz CT molecular complexity index is 438. The molecule has 2 N–H and O–H groups in total. The number of carbonyl (C=O) groups excluding carboxylic acids is 1. The quantitative estimate of drug-likeness (QED) is 0.868. The van der Waals surface area contributed by atoms with Gasteiger partial charge in [-0.3, -0.25) is 0 Å². The summed E-state index contributed by atoms with van der Waals surface area (Å²) in [7, 11) is 0. The van der Waals surface area contributed by atoms with Gasteiger partial charge in [-0.2, -0.15) is 0 Å². The molecule has 0 radical (unpaired) electrons. The van der Waals surface area contributed by atoms with E-state index in [2.05, 4.69) is 5.32 Å². The van der Waals surface area contributed by atoms with Crippen molar-refractivity contribution in [2.24, 2.45) is 0 Å². The first kappa shape index (κ1) is 14.9. The molecule has 4 nitrogen and oxygen atoms in total. The Morgan fingerprint density at radius 1 is 1.20 bits per heavy atom. The van der Waals surface area contributed by atoms with Crippen molar-refractivity contribution in [2.45, 2.75) is 45.1 Å². The van der Waals surface area contributed by atoms with Crippen LogP contribution in [0, 0.1) is 0 Å². The number of benzene rings is 1. The molecule has 0 saturated carbocycles. The van der Waals surface area contributed by atoms with Gasteiger partial charge in [0.2, 0.25) is 0 Å². The second kappa shape index (κ2) is 7.29. The molecule has 1 atom stereocenters. The van der Waals surface area contributed by atoms with E-state index in [1.165, 1.54) is 19.3 Å².